The Morgan fingerprint density at radius 3 is 2.04 bits per heavy atom. The van der Waals surface area contributed by atoms with Gasteiger partial charge in [0.1, 0.15) is 11.9 Å². The van der Waals surface area contributed by atoms with E-state index in [1.165, 1.54) is 5.56 Å². The lowest BCUT2D eigenvalue weighted by Crippen LogP contribution is -2.29. The van der Waals surface area contributed by atoms with Crippen LogP contribution in [0.2, 0.25) is 0 Å². The third-order valence-corrected chi connectivity index (χ3v) is 8.90. The van der Waals surface area contributed by atoms with Crippen LogP contribution in [0.1, 0.15) is 59.4 Å². The first kappa shape index (κ1) is 30.1. The third kappa shape index (κ3) is 6.20. The maximum absolute atomic E-state index is 14.5. The SMILES string of the molecule is COc1ccc(C(C)(C)c2ccccc2)cc1[C@@H]1[C@@H](C(=O)/C=C/c2ccccc2)[C@H](c2ccccc2)ON1c1ccc(C)cc1. The highest BCUT2D eigenvalue weighted by molar-refractivity contribution is 5.97. The molecular formula is C41H39NO3. The molecule has 226 valence electrons. The fraction of sp³-hybridized carbons (Fsp3) is 0.195. The summed E-state index contributed by atoms with van der Waals surface area (Å²) in [6, 6.07) is 44.6. The molecule has 4 nitrogen and oxygen atoms in total. The summed E-state index contributed by atoms with van der Waals surface area (Å²) >= 11 is 0. The van der Waals surface area contributed by atoms with E-state index in [2.05, 4.69) is 81.4 Å². The molecule has 0 amide bonds. The number of anilines is 1. The summed E-state index contributed by atoms with van der Waals surface area (Å²) in [7, 11) is 1.69. The van der Waals surface area contributed by atoms with Crippen LogP contribution in [0.15, 0.2) is 140 Å². The van der Waals surface area contributed by atoms with Crippen molar-refractivity contribution in [1.82, 2.24) is 0 Å². The minimum absolute atomic E-state index is 0.0120. The van der Waals surface area contributed by atoms with Gasteiger partial charge in [0, 0.05) is 11.0 Å². The van der Waals surface area contributed by atoms with E-state index in [9.17, 15) is 4.79 Å². The van der Waals surface area contributed by atoms with Crippen molar-refractivity contribution in [3.8, 4) is 5.75 Å². The topological polar surface area (TPSA) is 38.8 Å². The van der Waals surface area contributed by atoms with E-state index in [4.69, 9.17) is 9.57 Å². The third-order valence-electron chi connectivity index (χ3n) is 8.90. The van der Waals surface area contributed by atoms with E-state index in [0.717, 1.165) is 33.5 Å². The van der Waals surface area contributed by atoms with Gasteiger partial charge < -0.3 is 4.74 Å². The summed E-state index contributed by atoms with van der Waals surface area (Å²) in [6.07, 6.45) is 3.08. The van der Waals surface area contributed by atoms with Crippen LogP contribution >= 0.6 is 0 Å². The number of rotatable bonds is 9. The molecule has 0 bridgehead atoms. The van der Waals surface area contributed by atoms with Crippen LogP contribution in [0, 0.1) is 12.8 Å². The number of methoxy groups -OCH3 is 1. The minimum Gasteiger partial charge on any atom is -0.496 e. The Morgan fingerprint density at radius 1 is 0.778 bits per heavy atom. The standard InChI is InChI=1S/C41H39NO3/c1-29-20-24-34(25-21-29)42-39(35-28-33(23-27-37(35)44-4)41(2,3)32-18-12-7-13-19-32)38(40(45-42)31-16-10-6-11-17-31)36(43)26-22-30-14-8-5-9-15-30/h5-28,38-40H,1-4H3/b26-22+/t38-,39-,40+/m1/s1. The van der Waals surface area contributed by atoms with Gasteiger partial charge in [-0.3, -0.25) is 9.63 Å². The quantitative estimate of drug-likeness (QED) is 0.160. The van der Waals surface area contributed by atoms with Gasteiger partial charge in [-0.1, -0.05) is 135 Å². The second-order valence-electron chi connectivity index (χ2n) is 12.2. The first-order valence-corrected chi connectivity index (χ1v) is 15.5. The van der Waals surface area contributed by atoms with Crippen molar-refractivity contribution in [3.05, 3.63) is 173 Å². The summed E-state index contributed by atoms with van der Waals surface area (Å²) in [5, 5.41) is 1.92. The molecule has 3 atom stereocenters. The fourth-order valence-electron chi connectivity index (χ4n) is 6.24. The van der Waals surface area contributed by atoms with Crippen molar-refractivity contribution in [2.45, 2.75) is 38.3 Å². The summed E-state index contributed by atoms with van der Waals surface area (Å²) < 4.78 is 6.02. The number of carbonyl (C=O) groups is 1. The first-order valence-electron chi connectivity index (χ1n) is 15.5. The molecule has 0 spiro atoms. The van der Waals surface area contributed by atoms with Crippen molar-refractivity contribution in [3.63, 3.8) is 0 Å². The Bertz CT molecular complexity index is 1760. The molecule has 5 aromatic rings. The lowest BCUT2D eigenvalue weighted by Gasteiger charge is -2.31. The summed E-state index contributed by atoms with van der Waals surface area (Å²) in [5.74, 6) is 0.145. The molecule has 6 rings (SSSR count). The molecule has 1 saturated heterocycles. The predicted octanol–water partition coefficient (Wildman–Crippen LogP) is 9.46. The molecule has 1 fully saturated rings. The molecule has 0 aromatic heterocycles. The van der Waals surface area contributed by atoms with Crippen molar-refractivity contribution in [2.24, 2.45) is 5.92 Å². The van der Waals surface area contributed by atoms with Gasteiger partial charge >= 0.3 is 0 Å². The van der Waals surface area contributed by atoms with Crippen LogP contribution in [0.5, 0.6) is 5.75 Å². The zero-order valence-corrected chi connectivity index (χ0v) is 26.3. The van der Waals surface area contributed by atoms with Crippen molar-refractivity contribution < 1.29 is 14.4 Å². The van der Waals surface area contributed by atoms with E-state index < -0.39 is 18.1 Å². The maximum Gasteiger partial charge on any atom is 0.164 e. The van der Waals surface area contributed by atoms with Gasteiger partial charge in [0.25, 0.3) is 0 Å². The van der Waals surface area contributed by atoms with Crippen LogP contribution in [0.25, 0.3) is 6.08 Å². The van der Waals surface area contributed by atoms with Crippen LogP contribution in [0.3, 0.4) is 0 Å². The summed E-state index contributed by atoms with van der Waals surface area (Å²) in [5.41, 5.74) is 6.90. The van der Waals surface area contributed by atoms with Crippen LogP contribution in [-0.4, -0.2) is 12.9 Å². The van der Waals surface area contributed by atoms with Gasteiger partial charge in [-0.2, -0.15) is 0 Å². The number of benzene rings is 5. The van der Waals surface area contributed by atoms with Gasteiger partial charge in [0.05, 0.1) is 24.8 Å². The second-order valence-corrected chi connectivity index (χ2v) is 12.2. The van der Waals surface area contributed by atoms with E-state index >= 15 is 0 Å². The van der Waals surface area contributed by atoms with Gasteiger partial charge in [-0.05, 0) is 59.5 Å². The number of ketones is 1. The van der Waals surface area contributed by atoms with Gasteiger partial charge in [0.2, 0.25) is 0 Å². The smallest absolute Gasteiger partial charge is 0.164 e. The number of hydroxylamine groups is 1. The van der Waals surface area contributed by atoms with Gasteiger partial charge in [-0.15, -0.1) is 0 Å². The van der Waals surface area contributed by atoms with E-state index in [0.29, 0.717) is 5.75 Å². The van der Waals surface area contributed by atoms with E-state index in [-0.39, 0.29) is 11.2 Å². The van der Waals surface area contributed by atoms with Crippen molar-refractivity contribution in [2.75, 3.05) is 12.2 Å². The van der Waals surface area contributed by atoms with E-state index in [1.807, 2.05) is 83.9 Å². The molecule has 5 aromatic carbocycles. The largest absolute Gasteiger partial charge is 0.496 e. The number of carbonyl (C=O) groups excluding carboxylic acids is 1. The molecule has 45 heavy (non-hydrogen) atoms. The molecule has 0 aliphatic carbocycles. The Morgan fingerprint density at radius 2 is 1.40 bits per heavy atom. The second kappa shape index (κ2) is 13.0. The molecule has 1 heterocycles. The van der Waals surface area contributed by atoms with Gasteiger partial charge in [0.15, 0.2) is 5.78 Å². The molecule has 4 heteroatoms. The van der Waals surface area contributed by atoms with Crippen molar-refractivity contribution in [1.29, 1.82) is 0 Å². The number of aryl methyl sites for hydroxylation is 1. The van der Waals surface area contributed by atoms with Gasteiger partial charge in [-0.25, -0.2) is 5.06 Å². The highest BCUT2D eigenvalue weighted by Gasteiger charge is 2.49. The molecule has 0 N–H and O–H groups in total. The summed E-state index contributed by atoms with van der Waals surface area (Å²) in [4.78, 5) is 21.3. The van der Waals surface area contributed by atoms with Crippen molar-refractivity contribution >= 4 is 17.5 Å². The molecule has 0 saturated carbocycles. The number of nitrogens with zero attached hydrogens (tertiary/aromatic N) is 1. The Hall–Kier alpha value is -4.93. The fourth-order valence-corrected chi connectivity index (χ4v) is 6.24. The zero-order chi connectivity index (χ0) is 31.4. The highest BCUT2D eigenvalue weighted by Crippen LogP contribution is 2.52. The molecular weight excluding hydrogens is 554 g/mol. The average molecular weight is 594 g/mol. The zero-order valence-electron chi connectivity index (χ0n) is 26.3. The van der Waals surface area contributed by atoms with Crippen LogP contribution in [0.4, 0.5) is 5.69 Å². The predicted molar refractivity (Wildman–Crippen MR) is 182 cm³/mol. The Balaban J connectivity index is 1.54. The monoisotopic (exact) mass is 593 g/mol. The normalized spacial score (nSPS) is 18.3. The first-order chi connectivity index (χ1) is 21.9. The van der Waals surface area contributed by atoms with E-state index in [1.54, 1.807) is 13.2 Å². The average Bonchev–Trinajstić information content (AvgIpc) is 3.49. The molecule has 1 aliphatic heterocycles. The lowest BCUT2D eigenvalue weighted by atomic mass is 9.76. The number of allylic oxidation sites excluding steroid dienone is 1. The minimum atomic E-state index is -0.558. The molecule has 0 unspecified atom stereocenters. The summed E-state index contributed by atoms with van der Waals surface area (Å²) in [6.45, 7) is 6.53. The number of ether oxygens (including phenoxy) is 1. The number of hydrogen-bond donors (Lipinski definition) is 0. The highest BCUT2D eigenvalue weighted by atomic mass is 16.7. The lowest BCUT2D eigenvalue weighted by molar-refractivity contribution is -0.120. The van der Waals surface area contributed by atoms with Crippen LogP contribution in [-0.2, 0) is 15.0 Å². The molecule has 1 aliphatic rings. The Labute approximate surface area is 266 Å². The molecule has 0 radical (unpaired) electrons. The van der Waals surface area contributed by atoms with Crippen LogP contribution < -0.4 is 9.80 Å². The Kier molecular flexibility index (Phi) is 8.68. The maximum atomic E-state index is 14.5. The number of hydrogen-bond acceptors (Lipinski definition) is 4.